The fourth-order valence-corrected chi connectivity index (χ4v) is 7.18. The number of fused-ring (bicyclic) bond motifs is 5. The molecule has 2 aromatic heterocycles. The summed E-state index contributed by atoms with van der Waals surface area (Å²) in [6.07, 6.45) is 6.69. The van der Waals surface area contributed by atoms with Gasteiger partial charge < -0.3 is 29.0 Å². The van der Waals surface area contributed by atoms with Gasteiger partial charge in [0.1, 0.15) is 22.2 Å². The van der Waals surface area contributed by atoms with Crippen molar-refractivity contribution < 1.29 is 19.0 Å². The minimum absolute atomic E-state index is 0.204. The van der Waals surface area contributed by atoms with Gasteiger partial charge in [0.05, 0.1) is 44.8 Å². The molecule has 1 aliphatic carbocycles. The monoisotopic (exact) mass is 543 g/mol. The van der Waals surface area contributed by atoms with Gasteiger partial charge in [-0.3, -0.25) is 0 Å². The number of hydrogen-bond acceptors (Lipinski definition) is 5. The summed E-state index contributed by atoms with van der Waals surface area (Å²) >= 11 is 1.88. The first-order valence-corrected chi connectivity index (χ1v) is 14.3. The second-order valence-corrected chi connectivity index (χ2v) is 10.9. The summed E-state index contributed by atoms with van der Waals surface area (Å²) in [5.41, 5.74) is 5.28. The molecule has 0 spiro atoms. The Bertz CT molecular complexity index is 1510. The van der Waals surface area contributed by atoms with Gasteiger partial charge >= 0.3 is 6.03 Å². The van der Waals surface area contributed by atoms with Crippen molar-refractivity contribution in [2.45, 2.75) is 45.2 Å². The number of carbonyl (C=O) groups is 1. The highest BCUT2D eigenvalue weighted by molar-refractivity contribution is 7.15. The van der Waals surface area contributed by atoms with Crippen LogP contribution in [-0.2, 0) is 19.4 Å². The fraction of sp³-hybridized carbons (Fsp3) is 0.323. The van der Waals surface area contributed by atoms with Gasteiger partial charge in [-0.2, -0.15) is 0 Å². The Kier molecular flexibility index (Phi) is 6.95. The molecule has 1 atom stereocenters. The molecule has 3 heterocycles. The summed E-state index contributed by atoms with van der Waals surface area (Å²) in [5.74, 6) is 2.01. The van der Waals surface area contributed by atoms with Gasteiger partial charge in [0.15, 0.2) is 0 Å². The second kappa shape index (κ2) is 10.7. The van der Waals surface area contributed by atoms with Crippen LogP contribution in [0.3, 0.4) is 0 Å². The van der Waals surface area contributed by atoms with Crippen molar-refractivity contribution in [2.24, 2.45) is 0 Å². The number of ether oxygens (including phenoxy) is 3. The van der Waals surface area contributed by atoms with Gasteiger partial charge in [-0.05, 0) is 80.1 Å². The quantitative estimate of drug-likeness (QED) is 0.285. The van der Waals surface area contributed by atoms with Crippen molar-refractivity contribution in [2.75, 3.05) is 26.1 Å². The lowest BCUT2D eigenvalue weighted by Crippen LogP contribution is -2.38. The number of carbonyl (C=O) groups excluding carboxylic acids is 1. The van der Waals surface area contributed by atoms with Crippen LogP contribution in [0.15, 0.2) is 60.8 Å². The number of aryl methyl sites for hydroxylation is 1. The van der Waals surface area contributed by atoms with E-state index in [1.54, 1.807) is 26.4 Å². The first-order chi connectivity index (χ1) is 19.1. The minimum atomic E-state index is -0.323. The standard InChI is InChI=1S/C31H33N3O4S/c1-4-38-22-10-7-9-20(17-22)29-26-12-8-16-33(26)30-24(23-11-5-6-13-28(23)39-30)19-34(29)31(35)32-25-18-21(36-2)14-15-27(25)37-3/h7-10,12,14-18,29H,4-6,11,13,19H2,1-3H3,(H,32,35)/t29-/m0/s1. The minimum Gasteiger partial charge on any atom is -0.497 e. The van der Waals surface area contributed by atoms with Gasteiger partial charge in [-0.25, -0.2) is 4.79 Å². The predicted molar refractivity (Wildman–Crippen MR) is 154 cm³/mol. The molecular formula is C31H33N3O4S. The summed E-state index contributed by atoms with van der Waals surface area (Å²) in [7, 11) is 3.21. The molecule has 0 bridgehead atoms. The maximum absolute atomic E-state index is 14.3. The number of thiophene rings is 1. The Labute approximate surface area is 232 Å². The van der Waals surface area contributed by atoms with Crippen LogP contribution in [0.4, 0.5) is 10.5 Å². The maximum atomic E-state index is 14.3. The Morgan fingerprint density at radius 1 is 1.00 bits per heavy atom. The largest absolute Gasteiger partial charge is 0.497 e. The lowest BCUT2D eigenvalue weighted by Gasteiger charge is -2.32. The van der Waals surface area contributed by atoms with Crippen LogP contribution < -0.4 is 19.5 Å². The van der Waals surface area contributed by atoms with E-state index in [0.29, 0.717) is 30.3 Å². The number of rotatable bonds is 6. The molecule has 4 aromatic rings. The molecule has 0 fully saturated rings. The zero-order chi connectivity index (χ0) is 26.9. The van der Waals surface area contributed by atoms with E-state index >= 15 is 0 Å². The van der Waals surface area contributed by atoms with Gasteiger partial charge in [-0.1, -0.05) is 12.1 Å². The van der Waals surface area contributed by atoms with Crippen LogP contribution in [0.2, 0.25) is 0 Å². The van der Waals surface area contributed by atoms with Crippen LogP contribution in [0.1, 0.15) is 53.1 Å². The van der Waals surface area contributed by atoms with Gasteiger partial charge in [0.25, 0.3) is 0 Å². The fourth-order valence-electron chi connectivity index (χ4n) is 5.78. The number of methoxy groups -OCH3 is 2. The highest BCUT2D eigenvalue weighted by atomic mass is 32.1. The molecule has 202 valence electrons. The molecule has 2 aliphatic rings. The van der Waals surface area contributed by atoms with E-state index in [4.69, 9.17) is 14.2 Å². The van der Waals surface area contributed by atoms with E-state index in [-0.39, 0.29) is 12.1 Å². The first-order valence-electron chi connectivity index (χ1n) is 13.4. The van der Waals surface area contributed by atoms with E-state index in [2.05, 4.69) is 34.3 Å². The molecule has 6 rings (SSSR count). The normalized spacial score (nSPS) is 16.0. The Balaban J connectivity index is 1.49. The Morgan fingerprint density at radius 2 is 1.87 bits per heavy atom. The smallest absolute Gasteiger partial charge is 0.323 e. The topological polar surface area (TPSA) is 65.0 Å². The maximum Gasteiger partial charge on any atom is 0.323 e. The number of benzene rings is 2. The van der Waals surface area contributed by atoms with Crippen molar-refractivity contribution >= 4 is 23.1 Å². The van der Waals surface area contributed by atoms with Gasteiger partial charge in [0.2, 0.25) is 0 Å². The van der Waals surface area contributed by atoms with Gasteiger partial charge in [0, 0.05) is 22.7 Å². The van der Waals surface area contributed by atoms with Crippen LogP contribution in [-0.4, -0.2) is 36.3 Å². The average molecular weight is 544 g/mol. The van der Waals surface area contributed by atoms with E-state index in [1.165, 1.54) is 33.8 Å². The van der Waals surface area contributed by atoms with E-state index < -0.39 is 0 Å². The zero-order valence-corrected chi connectivity index (χ0v) is 23.3. The summed E-state index contributed by atoms with van der Waals surface area (Å²) < 4.78 is 19.1. The molecule has 7 nitrogen and oxygen atoms in total. The van der Waals surface area contributed by atoms with Crippen molar-refractivity contribution in [1.29, 1.82) is 0 Å². The molecule has 0 unspecified atom stereocenters. The average Bonchev–Trinajstić information content (AvgIpc) is 3.55. The van der Waals surface area contributed by atoms with E-state index in [1.807, 2.05) is 47.4 Å². The molecule has 39 heavy (non-hydrogen) atoms. The summed E-state index contributed by atoms with van der Waals surface area (Å²) in [5, 5.41) is 4.37. The van der Waals surface area contributed by atoms with Crippen LogP contribution in [0.25, 0.3) is 5.00 Å². The van der Waals surface area contributed by atoms with Crippen molar-refractivity contribution in [1.82, 2.24) is 9.47 Å². The van der Waals surface area contributed by atoms with Crippen molar-refractivity contribution in [3.05, 3.63) is 88.1 Å². The highest BCUT2D eigenvalue weighted by Crippen LogP contribution is 2.44. The molecular weight excluding hydrogens is 510 g/mol. The number of amides is 2. The van der Waals surface area contributed by atoms with Crippen LogP contribution >= 0.6 is 11.3 Å². The first kappa shape index (κ1) is 25.4. The summed E-state index contributed by atoms with van der Waals surface area (Å²) in [6.45, 7) is 3.06. The van der Waals surface area contributed by atoms with Crippen molar-refractivity contribution in [3.63, 3.8) is 0 Å². The molecule has 0 saturated heterocycles. The third-order valence-electron chi connectivity index (χ3n) is 7.57. The molecule has 1 N–H and O–H groups in total. The SMILES string of the molecule is CCOc1cccc([C@H]2c3cccn3-c3sc4c(c3CN2C(=O)Nc2cc(OC)ccc2OC)CCCC4)c1. The molecule has 2 amide bonds. The van der Waals surface area contributed by atoms with Gasteiger partial charge in [-0.15, -0.1) is 11.3 Å². The lowest BCUT2D eigenvalue weighted by molar-refractivity contribution is 0.194. The van der Waals surface area contributed by atoms with E-state index in [9.17, 15) is 4.79 Å². The molecule has 0 saturated carbocycles. The predicted octanol–water partition coefficient (Wildman–Crippen LogP) is 6.97. The third-order valence-corrected chi connectivity index (χ3v) is 8.91. The number of nitrogens with one attached hydrogen (secondary N) is 1. The Morgan fingerprint density at radius 3 is 2.69 bits per heavy atom. The van der Waals surface area contributed by atoms with Crippen molar-refractivity contribution in [3.8, 4) is 22.2 Å². The molecule has 2 aromatic carbocycles. The zero-order valence-electron chi connectivity index (χ0n) is 22.5. The number of hydrogen-bond donors (Lipinski definition) is 1. The van der Waals surface area contributed by atoms with Crippen LogP contribution in [0, 0.1) is 0 Å². The molecule has 0 radical (unpaired) electrons. The third kappa shape index (κ3) is 4.63. The number of anilines is 1. The summed E-state index contributed by atoms with van der Waals surface area (Å²) in [4.78, 5) is 17.7. The van der Waals surface area contributed by atoms with E-state index in [0.717, 1.165) is 29.8 Å². The molecule has 8 heteroatoms. The number of aromatic nitrogens is 1. The molecule has 1 aliphatic heterocycles. The Hall–Kier alpha value is -3.91. The lowest BCUT2D eigenvalue weighted by atomic mass is 9.95. The highest BCUT2D eigenvalue weighted by Gasteiger charge is 2.36. The van der Waals surface area contributed by atoms with Crippen LogP contribution in [0.5, 0.6) is 17.2 Å². The number of urea groups is 1. The second-order valence-electron chi connectivity index (χ2n) is 9.83. The number of nitrogens with zero attached hydrogens (tertiary/aromatic N) is 2. The summed E-state index contributed by atoms with van der Waals surface area (Å²) in [6, 6.07) is 17.2.